The van der Waals surface area contributed by atoms with Crippen LogP contribution in [0.4, 0.5) is 0 Å². The second kappa shape index (κ2) is 5.93. The van der Waals surface area contributed by atoms with E-state index < -0.39 is 11.9 Å². The number of carbonyl (C=O) groups excluding carboxylic acids is 1. The van der Waals surface area contributed by atoms with Gasteiger partial charge in [0.2, 0.25) is 0 Å². The number of likely N-dealkylation sites (N-methyl/N-ethyl adjacent to an activating group) is 1. The first kappa shape index (κ1) is 17.5. The first-order chi connectivity index (χ1) is 13.0. The number of fused-ring (bicyclic) bond motifs is 3. The van der Waals surface area contributed by atoms with Crippen molar-refractivity contribution in [1.82, 2.24) is 10.2 Å². The summed E-state index contributed by atoms with van der Waals surface area (Å²) in [5.41, 5.74) is 1.08. The topological polar surface area (TPSA) is 71.0 Å². The lowest BCUT2D eigenvalue weighted by Gasteiger charge is -2.46. The molecule has 3 aliphatic carbocycles. The summed E-state index contributed by atoms with van der Waals surface area (Å²) >= 11 is 0. The van der Waals surface area contributed by atoms with Crippen LogP contribution in [0.15, 0.2) is 18.2 Å². The molecule has 4 aliphatic rings. The van der Waals surface area contributed by atoms with Crippen LogP contribution in [0.3, 0.4) is 0 Å². The predicted molar refractivity (Wildman–Crippen MR) is 99.1 cm³/mol. The van der Waals surface area contributed by atoms with Gasteiger partial charge in [-0.15, -0.1) is 0 Å². The number of carbonyl (C=O) groups is 1. The van der Waals surface area contributed by atoms with Crippen molar-refractivity contribution in [3.05, 3.63) is 29.3 Å². The van der Waals surface area contributed by atoms with Crippen LogP contribution in [0.1, 0.15) is 49.7 Å². The fourth-order valence-electron chi connectivity index (χ4n) is 5.53. The summed E-state index contributed by atoms with van der Waals surface area (Å²) in [6.07, 6.45) is 6.33. The van der Waals surface area contributed by atoms with E-state index in [9.17, 15) is 9.90 Å². The molecule has 1 amide bonds. The molecule has 0 radical (unpaired) electrons. The van der Waals surface area contributed by atoms with Gasteiger partial charge in [0.1, 0.15) is 11.3 Å². The molecular weight excluding hydrogens is 344 g/mol. The van der Waals surface area contributed by atoms with Crippen molar-refractivity contribution in [2.24, 2.45) is 5.41 Å². The Morgan fingerprint density at radius 1 is 1.19 bits per heavy atom. The largest absolute Gasteiger partial charge is 0.490 e. The highest BCUT2D eigenvalue weighted by molar-refractivity contribution is 5.92. The van der Waals surface area contributed by atoms with Crippen molar-refractivity contribution in [2.75, 3.05) is 14.2 Å². The van der Waals surface area contributed by atoms with Gasteiger partial charge in [0.25, 0.3) is 5.91 Å². The Morgan fingerprint density at radius 3 is 2.52 bits per heavy atom. The average molecular weight is 372 g/mol. The number of ether oxygens (including phenoxy) is 2. The highest BCUT2D eigenvalue weighted by atomic mass is 16.5. The van der Waals surface area contributed by atoms with Crippen LogP contribution in [0.5, 0.6) is 5.75 Å². The van der Waals surface area contributed by atoms with E-state index in [2.05, 4.69) is 11.4 Å². The van der Waals surface area contributed by atoms with Gasteiger partial charge < -0.3 is 19.5 Å². The van der Waals surface area contributed by atoms with Crippen LogP contribution in [0.2, 0.25) is 0 Å². The van der Waals surface area contributed by atoms with Gasteiger partial charge in [0.05, 0.1) is 12.2 Å². The molecule has 0 bridgehead atoms. The van der Waals surface area contributed by atoms with Crippen molar-refractivity contribution in [3.63, 3.8) is 0 Å². The molecular formula is C21H28N2O4. The van der Waals surface area contributed by atoms with Crippen LogP contribution in [0.25, 0.3) is 0 Å². The van der Waals surface area contributed by atoms with Crippen LogP contribution in [-0.4, -0.2) is 48.6 Å². The maximum absolute atomic E-state index is 13.5. The smallest absolute Gasteiger partial charge is 0.251 e. The molecule has 2 spiro atoms. The zero-order valence-corrected chi connectivity index (χ0v) is 16.0. The van der Waals surface area contributed by atoms with E-state index in [-0.39, 0.29) is 17.4 Å². The first-order valence-electron chi connectivity index (χ1n) is 10.0. The normalized spacial score (nSPS) is 38.0. The summed E-state index contributed by atoms with van der Waals surface area (Å²) in [4.78, 5) is 14.9. The molecule has 1 aliphatic heterocycles. The molecule has 1 aromatic carbocycles. The fraction of sp³-hybridized carbons (Fsp3) is 0.667. The quantitative estimate of drug-likeness (QED) is 0.848. The fourth-order valence-corrected chi connectivity index (χ4v) is 5.53. The lowest BCUT2D eigenvalue weighted by molar-refractivity contribution is -0.140. The van der Waals surface area contributed by atoms with E-state index >= 15 is 0 Å². The SMILES string of the molecule is COC1CCC2(CC1)Cc1ccc(OC3CC3)cc1C21NC(O)N(C)C1=O. The molecule has 1 aromatic rings. The molecule has 2 atom stereocenters. The lowest BCUT2D eigenvalue weighted by atomic mass is 9.61. The van der Waals surface area contributed by atoms with Gasteiger partial charge in [0, 0.05) is 19.6 Å². The van der Waals surface area contributed by atoms with E-state index in [1.54, 1.807) is 14.2 Å². The third kappa shape index (κ3) is 2.39. The number of nitrogens with one attached hydrogen (secondary N) is 1. The van der Waals surface area contributed by atoms with E-state index in [0.717, 1.165) is 56.3 Å². The number of aliphatic hydroxyl groups is 1. The molecule has 146 valence electrons. The van der Waals surface area contributed by atoms with Gasteiger partial charge in [-0.1, -0.05) is 6.07 Å². The number of hydrogen-bond donors (Lipinski definition) is 2. The molecule has 6 nitrogen and oxygen atoms in total. The number of methoxy groups -OCH3 is 1. The summed E-state index contributed by atoms with van der Waals surface area (Å²) in [7, 11) is 3.44. The van der Waals surface area contributed by atoms with E-state index in [4.69, 9.17) is 9.47 Å². The zero-order chi connectivity index (χ0) is 18.8. The van der Waals surface area contributed by atoms with E-state index in [0.29, 0.717) is 6.10 Å². The molecule has 2 N–H and O–H groups in total. The monoisotopic (exact) mass is 372 g/mol. The highest BCUT2D eigenvalue weighted by Crippen LogP contribution is 2.60. The Labute approximate surface area is 159 Å². The Morgan fingerprint density at radius 2 is 1.93 bits per heavy atom. The third-order valence-corrected chi connectivity index (χ3v) is 7.21. The Kier molecular flexibility index (Phi) is 3.84. The van der Waals surface area contributed by atoms with Gasteiger partial charge in [-0.05, 0) is 68.2 Å². The minimum absolute atomic E-state index is 0.0341. The number of aliphatic hydroxyl groups excluding tert-OH is 1. The van der Waals surface area contributed by atoms with Crippen LogP contribution in [-0.2, 0) is 21.5 Å². The molecule has 2 unspecified atom stereocenters. The number of hydrogen-bond acceptors (Lipinski definition) is 5. The van der Waals surface area contributed by atoms with Gasteiger partial charge in [-0.2, -0.15) is 0 Å². The minimum Gasteiger partial charge on any atom is -0.490 e. The van der Waals surface area contributed by atoms with Crippen molar-refractivity contribution < 1.29 is 19.4 Å². The Balaban J connectivity index is 1.60. The summed E-state index contributed by atoms with van der Waals surface area (Å²) in [5.74, 6) is 0.796. The molecule has 1 heterocycles. The number of nitrogens with zero attached hydrogens (tertiary/aromatic N) is 1. The summed E-state index contributed by atoms with van der Waals surface area (Å²) < 4.78 is 11.6. The molecule has 3 fully saturated rings. The second-order valence-corrected chi connectivity index (χ2v) is 8.71. The van der Waals surface area contributed by atoms with Crippen molar-refractivity contribution in [2.45, 2.75) is 69.0 Å². The second-order valence-electron chi connectivity index (χ2n) is 8.71. The summed E-state index contributed by atoms with van der Waals surface area (Å²) in [5, 5.41) is 13.8. The highest BCUT2D eigenvalue weighted by Gasteiger charge is 2.67. The Hall–Kier alpha value is -1.63. The summed E-state index contributed by atoms with van der Waals surface area (Å²) in [6.45, 7) is 0. The van der Waals surface area contributed by atoms with Gasteiger partial charge >= 0.3 is 0 Å². The Bertz CT molecular complexity index is 769. The van der Waals surface area contributed by atoms with Gasteiger partial charge in [0.15, 0.2) is 6.35 Å². The number of rotatable bonds is 3. The molecule has 5 rings (SSSR count). The van der Waals surface area contributed by atoms with Crippen LogP contribution < -0.4 is 10.1 Å². The van der Waals surface area contributed by atoms with Crippen molar-refractivity contribution >= 4 is 5.91 Å². The number of amides is 1. The van der Waals surface area contributed by atoms with Crippen molar-refractivity contribution in [3.8, 4) is 5.75 Å². The van der Waals surface area contributed by atoms with Gasteiger partial charge in [-0.3, -0.25) is 10.1 Å². The predicted octanol–water partition coefficient (Wildman–Crippen LogP) is 1.89. The van der Waals surface area contributed by atoms with Crippen LogP contribution >= 0.6 is 0 Å². The summed E-state index contributed by atoms with van der Waals surface area (Å²) in [6, 6.07) is 6.19. The molecule has 1 saturated heterocycles. The molecule has 27 heavy (non-hydrogen) atoms. The third-order valence-electron chi connectivity index (χ3n) is 7.21. The molecule has 2 saturated carbocycles. The van der Waals surface area contributed by atoms with Crippen LogP contribution in [0, 0.1) is 5.41 Å². The van der Waals surface area contributed by atoms with E-state index in [1.807, 2.05) is 12.1 Å². The lowest BCUT2D eigenvalue weighted by Crippen LogP contribution is -2.57. The van der Waals surface area contributed by atoms with E-state index in [1.165, 1.54) is 10.5 Å². The van der Waals surface area contributed by atoms with Gasteiger partial charge in [-0.25, -0.2) is 0 Å². The zero-order valence-electron chi connectivity index (χ0n) is 16.0. The average Bonchev–Trinajstić information content (AvgIpc) is 3.41. The first-order valence-corrected chi connectivity index (χ1v) is 10.0. The maximum atomic E-state index is 13.5. The van der Waals surface area contributed by atoms with Crippen molar-refractivity contribution in [1.29, 1.82) is 0 Å². The maximum Gasteiger partial charge on any atom is 0.251 e. The molecule has 6 heteroatoms. The standard InChI is InChI=1S/C21H28N2O4/c1-23-18(24)21(22-19(23)25)17-11-16(27-15-5-6-15)4-3-13(17)12-20(21)9-7-14(26-2)8-10-20/h3-4,11,14-15,19,22,25H,5-10,12H2,1-2H3. The minimum atomic E-state index is -0.964. The number of benzene rings is 1. The molecule has 0 aromatic heterocycles.